The molecule has 1 aliphatic rings. The summed E-state index contributed by atoms with van der Waals surface area (Å²) in [4.78, 5) is 27.6. The molecule has 0 aliphatic heterocycles. The second-order valence-corrected chi connectivity index (χ2v) is 7.62. The third-order valence-electron chi connectivity index (χ3n) is 5.35. The molecule has 1 fully saturated rings. The van der Waals surface area contributed by atoms with E-state index in [9.17, 15) is 9.59 Å². The number of amides is 2. The molecule has 2 amide bonds. The summed E-state index contributed by atoms with van der Waals surface area (Å²) in [5, 5.41) is 7.27. The van der Waals surface area contributed by atoms with Crippen molar-refractivity contribution in [2.75, 3.05) is 6.54 Å². The van der Waals surface area contributed by atoms with E-state index < -0.39 is 0 Å². The Bertz CT molecular complexity index is 803. The fourth-order valence-electron chi connectivity index (χ4n) is 3.75. The van der Waals surface area contributed by atoms with Gasteiger partial charge in [0, 0.05) is 35.4 Å². The van der Waals surface area contributed by atoms with Crippen molar-refractivity contribution in [1.29, 1.82) is 0 Å². The Morgan fingerprint density at radius 3 is 2.69 bits per heavy atom. The van der Waals surface area contributed by atoms with Crippen LogP contribution in [-0.2, 0) is 4.79 Å². The molecule has 1 aromatic heterocycles. The van der Waals surface area contributed by atoms with E-state index >= 15 is 0 Å². The molecule has 6 nitrogen and oxygen atoms in total. The SMILES string of the molecule is Cc1cccc2cc(C(=O)NC3CCC(C)(NC(=O)CCN)CC3)[nH]c12. The van der Waals surface area contributed by atoms with Crippen LogP contribution in [0, 0.1) is 6.92 Å². The summed E-state index contributed by atoms with van der Waals surface area (Å²) in [5.74, 6) is -0.0627. The minimum Gasteiger partial charge on any atom is -0.351 e. The number of aromatic amines is 1. The van der Waals surface area contributed by atoms with Crippen LogP contribution in [0.2, 0.25) is 0 Å². The normalized spacial score (nSPS) is 23.0. The largest absolute Gasteiger partial charge is 0.351 e. The van der Waals surface area contributed by atoms with Crippen molar-refractivity contribution in [2.45, 2.75) is 57.5 Å². The van der Waals surface area contributed by atoms with Gasteiger partial charge in [-0.3, -0.25) is 9.59 Å². The maximum atomic E-state index is 12.6. The Morgan fingerprint density at radius 2 is 2.04 bits per heavy atom. The molecule has 0 radical (unpaired) electrons. The Hall–Kier alpha value is -2.34. The van der Waals surface area contributed by atoms with Crippen LogP contribution in [0.25, 0.3) is 10.9 Å². The molecule has 140 valence electrons. The maximum Gasteiger partial charge on any atom is 0.267 e. The highest BCUT2D eigenvalue weighted by Gasteiger charge is 2.32. The van der Waals surface area contributed by atoms with Crippen LogP contribution in [0.1, 0.15) is 55.1 Å². The molecule has 26 heavy (non-hydrogen) atoms. The standard InChI is InChI=1S/C20H28N4O2/c1-13-4-3-5-14-12-16(23-18(13)14)19(26)22-15-6-9-20(2,10-7-15)24-17(25)8-11-21/h3-5,12,15,23H,6-11,21H2,1-2H3,(H,22,26)(H,24,25). The summed E-state index contributed by atoms with van der Waals surface area (Å²) in [6.45, 7) is 4.46. The maximum absolute atomic E-state index is 12.6. The van der Waals surface area contributed by atoms with Gasteiger partial charge in [0.25, 0.3) is 5.91 Å². The van der Waals surface area contributed by atoms with Crippen molar-refractivity contribution in [3.8, 4) is 0 Å². The number of carbonyl (C=O) groups excluding carboxylic acids is 2. The Morgan fingerprint density at radius 1 is 1.31 bits per heavy atom. The van der Waals surface area contributed by atoms with Crippen LogP contribution in [0.5, 0.6) is 0 Å². The van der Waals surface area contributed by atoms with E-state index in [0.29, 0.717) is 18.7 Å². The Kier molecular flexibility index (Phi) is 5.32. The van der Waals surface area contributed by atoms with E-state index in [1.165, 1.54) is 0 Å². The van der Waals surface area contributed by atoms with Gasteiger partial charge in [0.2, 0.25) is 5.91 Å². The summed E-state index contributed by atoms with van der Waals surface area (Å²) in [7, 11) is 0. The van der Waals surface area contributed by atoms with Gasteiger partial charge in [-0.15, -0.1) is 0 Å². The molecule has 5 N–H and O–H groups in total. The average Bonchev–Trinajstić information content (AvgIpc) is 3.03. The first-order chi connectivity index (χ1) is 12.4. The number of hydrogen-bond donors (Lipinski definition) is 4. The molecule has 1 aliphatic carbocycles. The first-order valence-electron chi connectivity index (χ1n) is 9.30. The lowest BCUT2D eigenvalue weighted by Crippen LogP contribution is -2.51. The van der Waals surface area contributed by atoms with Crippen LogP contribution in [0.4, 0.5) is 0 Å². The van der Waals surface area contributed by atoms with E-state index in [1.54, 1.807) is 0 Å². The predicted molar refractivity (Wildman–Crippen MR) is 103 cm³/mol. The van der Waals surface area contributed by atoms with Crippen molar-refractivity contribution < 1.29 is 9.59 Å². The number of nitrogens with one attached hydrogen (secondary N) is 3. The fourth-order valence-corrected chi connectivity index (χ4v) is 3.75. The van der Waals surface area contributed by atoms with Gasteiger partial charge in [-0.1, -0.05) is 18.2 Å². The van der Waals surface area contributed by atoms with E-state index in [2.05, 4.69) is 22.5 Å². The van der Waals surface area contributed by atoms with Gasteiger partial charge in [0.05, 0.1) is 0 Å². The zero-order valence-electron chi connectivity index (χ0n) is 15.5. The number of benzene rings is 1. The molecule has 1 saturated carbocycles. The number of fused-ring (bicyclic) bond motifs is 1. The monoisotopic (exact) mass is 356 g/mol. The molecule has 1 heterocycles. The number of nitrogens with two attached hydrogens (primary N) is 1. The lowest BCUT2D eigenvalue weighted by Gasteiger charge is -2.38. The first kappa shape index (κ1) is 18.5. The quantitative estimate of drug-likeness (QED) is 0.662. The van der Waals surface area contributed by atoms with E-state index in [0.717, 1.165) is 42.1 Å². The number of aryl methyl sites for hydroxylation is 1. The van der Waals surface area contributed by atoms with Crippen molar-refractivity contribution in [2.24, 2.45) is 5.73 Å². The number of aromatic nitrogens is 1. The summed E-state index contributed by atoms with van der Waals surface area (Å²) < 4.78 is 0. The van der Waals surface area contributed by atoms with Crippen LogP contribution < -0.4 is 16.4 Å². The van der Waals surface area contributed by atoms with Gasteiger partial charge in [0.1, 0.15) is 5.69 Å². The predicted octanol–water partition coefficient (Wildman–Crippen LogP) is 2.37. The second kappa shape index (κ2) is 7.50. The molecule has 0 spiro atoms. The lowest BCUT2D eigenvalue weighted by atomic mass is 9.80. The number of para-hydroxylation sites is 1. The van der Waals surface area contributed by atoms with Gasteiger partial charge in [-0.25, -0.2) is 0 Å². The van der Waals surface area contributed by atoms with Crippen molar-refractivity contribution in [1.82, 2.24) is 15.6 Å². The van der Waals surface area contributed by atoms with Crippen LogP contribution >= 0.6 is 0 Å². The number of H-pyrrole nitrogens is 1. The minimum absolute atomic E-state index is 0.00549. The number of hydrogen-bond acceptors (Lipinski definition) is 3. The third kappa shape index (κ3) is 4.07. The fraction of sp³-hybridized carbons (Fsp3) is 0.500. The van der Waals surface area contributed by atoms with Gasteiger partial charge < -0.3 is 21.4 Å². The Labute approximate surface area is 153 Å². The highest BCUT2D eigenvalue weighted by molar-refractivity contribution is 5.98. The van der Waals surface area contributed by atoms with Gasteiger partial charge in [0.15, 0.2) is 0 Å². The molecule has 0 bridgehead atoms. The van der Waals surface area contributed by atoms with Crippen molar-refractivity contribution in [3.63, 3.8) is 0 Å². The van der Waals surface area contributed by atoms with Gasteiger partial charge >= 0.3 is 0 Å². The highest BCUT2D eigenvalue weighted by Crippen LogP contribution is 2.28. The molecule has 1 aromatic carbocycles. The Balaban J connectivity index is 1.57. The second-order valence-electron chi connectivity index (χ2n) is 7.62. The zero-order valence-corrected chi connectivity index (χ0v) is 15.5. The van der Waals surface area contributed by atoms with Crippen LogP contribution in [0.15, 0.2) is 24.3 Å². The van der Waals surface area contributed by atoms with Crippen molar-refractivity contribution in [3.05, 3.63) is 35.5 Å². The van der Waals surface area contributed by atoms with E-state index in [1.807, 2.05) is 31.2 Å². The van der Waals surface area contributed by atoms with Gasteiger partial charge in [-0.2, -0.15) is 0 Å². The highest BCUT2D eigenvalue weighted by atomic mass is 16.2. The first-order valence-corrected chi connectivity index (χ1v) is 9.30. The molecule has 0 atom stereocenters. The van der Waals surface area contributed by atoms with E-state index in [-0.39, 0.29) is 23.4 Å². The molecule has 2 aromatic rings. The smallest absolute Gasteiger partial charge is 0.267 e. The van der Waals surface area contributed by atoms with Crippen LogP contribution in [0.3, 0.4) is 0 Å². The van der Waals surface area contributed by atoms with Crippen LogP contribution in [-0.4, -0.2) is 34.9 Å². The van der Waals surface area contributed by atoms with E-state index in [4.69, 9.17) is 5.73 Å². The van der Waals surface area contributed by atoms with Crippen molar-refractivity contribution >= 4 is 22.7 Å². The molecular formula is C20H28N4O2. The summed E-state index contributed by atoms with van der Waals surface area (Å²) >= 11 is 0. The number of rotatable bonds is 5. The zero-order chi connectivity index (χ0) is 18.7. The molecular weight excluding hydrogens is 328 g/mol. The topological polar surface area (TPSA) is 100 Å². The summed E-state index contributed by atoms with van der Waals surface area (Å²) in [6.07, 6.45) is 3.75. The molecule has 3 rings (SSSR count). The third-order valence-corrected chi connectivity index (χ3v) is 5.35. The number of carbonyl (C=O) groups is 2. The average molecular weight is 356 g/mol. The lowest BCUT2D eigenvalue weighted by molar-refractivity contribution is -0.123. The van der Waals surface area contributed by atoms with Gasteiger partial charge in [-0.05, 0) is 51.2 Å². The molecule has 6 heteroatoms. The summed E-state index contributed by atoms with van der Waals surface area (Å²) in [6, 6.07) is 8.06. The minimum atomic E-state index is -0.203. The summed E-state index contributed by atoms with van der Waals surface area (Å²) in [5.41, 5.74) is 7.97. The molecule has 0 saturated heterocycles. The molecule has 0 unspecified atom stereocenters.